The molecule has 0 saturated heterocycles. The lowest BCUT2D eigenvalue weighted by Crippen LogP contribution is -2.15. The summed E-state index contributed by atoms with van der Waals surface area (Å²) >= 11 is 7.15. The number of nitrogens with zero attached hydrogens (tertiary/aromatic N) is 2. The van der Waals surface area contributed by atoms with Crippen molar-refractivity contribution in [3.05, 3.63) is 247 Å². The predicted molar refractivity (Wildman–Crippen MR) is 328 cm³/mol. The molecule has 4 heterocycles. The third-order valence-corrected chi connectivity index (χ3v) is 18.2. The maximum absolute atomic E-state index is 11.8. The van der Waals surface area contributed by atoms with Crippen LogP contribution in [-0.2, 0) is 37.3 Å². The van der Waals surface area contributed by atoms with Crippen molar-refractivity contribution >= 4 is 116 Å². The molecule has 6 nitrogen and oxygen atoms in total. The average Bonchev–Trinajstić information content (AvgIpc) is 4.36. The molecule has 10 rings (SSSR count). The minimum atomic E-state index is -0.205. The second kappa shape index (κ2) is 24.4. The van der Waals surface area contributed by atoms with Crippen LogP contribution >= 0.6 is 45.3 Å². The molecule has 0 aliphatic heterocycles. The van der Waals surface area contributed by atoms with Gasteiger partial charge in [-0.25, -0.2) is 0 Å². The summed E-state index contributed by atoms with van der Waals surface area (Å²) in [5.41, 5.74) is 13.0. The normalized spacial score (nSPS) is 11.6. The third-order valence-electron chi connectivity index (χ3n) is 13.6. The number of ether oxygens (including phenoxy) is 2. The molecular weight excluding hydrogens is 1030 g/mol. The number of rotatable bonds is 20. The third kappa shape index (κ3) is 12.9. The van der Waals surface area contributed by atoms with Crippen molar-refractivity contribution in [3.63, 3.8) is 0 Å². The van der Waals surface area contributed by atoms with Crippen molar-refractivity contribution < 1.29 is 19.1 Å². The van der Waals surface area contributed by atoms with Gasteiger partial charge in [-0.2, -0.15) is 0 Å². The second-order valence-corrected chi connectivity index (χ2v) is 23.2. The van der Waals surface area contributed by atoms with E-state index in [2.05, 4.69) is 253 Å². The van der Waals surface area contributed by atoms with E-state index in [9.17, 15) is 9.59 Å². The Kier molecular flexibility index (Phi) is 16.7. The Morgan fingerprint density at radius 2 is 0.766 bits per heavy atom. The number of hydrogen-bond donors (Lipinski definition) is 0. The highest BCUT2D eigenvalue weighted by molar-refractivity contribution is 7.15. The van der Waals surface area contributed by atoms with Crippen molar-refractivity contribution in [2.75, 3.05) is 24.0 Å². The Hall–Kier alpha value is -7.86. The van der Waals surface area contributed by atoms with E-state index < -0.39 is 0 Å². The molecule has 0 spiro atoms. The Morgan fingerprint density at radius 1 is 0.429 bits per heavy atom. The molecule has 0 amide bonds. The lowest BCUT2D eigenvalue weighted by Gasteiger charge is -2.26. The van der Waals surface area contributed by atoms with Gasteiger partial charge in [-0.3, -0.25) is 9.59 Å². The summed E-state index contributed by atoms with van der Waals surface area (Å²) in [4.78, 5) is 35.7. The zero-order chi connectivity index (χ0) is 53.1. The predicted octanol–water partition coefficient (Wildman–Crippen LogP) is 19.1. The SMILES string of the molecule is COC(=O)CCc1ccc(N(c2ccc(/C=C/c3ccc(C(C)(C)c4ccc(/C=C/c5ccc(N(c6ccc(CCC(=O)OC)cc6)c6ccc(-c7cccs7)cc6)cc5)s4)s3)cc2)c2ccc(-c3cccs3)cc2)cc1. The van der Waals surface area contributed by atoms with Crippen molar-refractivity contribution in [1.82, 2.24) is 0 Å². The van der Waals surface area contributed by atoms with Gasteiger partial charge in [0, 0.05) is 81.6 Å². The van der Waals surface area contributed by atoms with Gasteiger partial charge in [-0.05, 0) is 178 Å². The van der Waals surface area contributed by atoms with Crippen LogP contribution in [0.15, 0.2) is 205 Å². The summed E-state index contributed by atoms with van der Waals surface area (Å²) in [5.74, 6) is -0.409. The van der Waals surface area contributed by atoms with Crippen LogP contribution in [0, 0.1) is 0 Å². The summed E-state index contributed by atoms with van der Waals surface area (Å²) in [7, 11) is 2.86. The summed E-state index contributed by atoms with van der Waals surface area (Å²) in [6, 6.07) is 69.2. The molecule has 0 aliphatic rings. The molecule has 0 saturated carbocycles. The van der Waals surface area contributed by atoms with Gasteiger partial charge >= 0.3 is 11.9 Å². The first-order valence-electron chi connectivity index (χ1n) is 25.6. The molecular formula is C67H58N2O4S4. The molecule has 4 aromatic heterocycles. The van der Waals surface area contributed by atoms with E-state index in [4.69, 9.17) is 9.47 Å². The molecule has 0 N–H and O–H groups in total. The smallest absolute Gasteiger partial charge is 0.305 e. The van der Waals surface area contributed by atoms with Crippen LogP contribution in [0.3, 0.4) is 0 Å². The lowest BCUT2D eigenvalue weighted by molar-refractivity contribution is -0.141. The highest BCUT2D eigenvalue weighted by atomic mass is 32.1. The van der Waals surface area contributed by atoms with E-state index in [1.165, 1.54) is 54.6 Å². The average molecular weight is 1080 g/mol. The van der Waals surface area contributed by atoms with Gasteiger partial charge in [-0.15, -0.1) is 45.3 Å². The number of carbonyl (C=O) groups excluding carboxylic acids is 2. The maximum atomic E-state index is 11.8. The number of aryl methyl sites for hydroxylation is 2. The molecule has 384 valence electrons. The first kappa shape index (κ1) is 52.6. The van der Waals surface area contributed by atoms with E-state index in [0.29, 0.717) is 25.7 Å². The van der Waals surface area contributed by atoms with Gasteiger partial charge in [-0.1, -0.05) is 111 Å². The summed E-state index contributed by atoms with van der Waals surface area (Å²) < 4.78 is 9.73. The highest BCUT2D eigenvalue weighted by Crippen LogP contribution is 2.42. The molecule has 0 fully saturated rings. The first-order valence-corrected chi connectivity index (χ1v) is 29.0. The molecule has 0 radical (unpaired) electrons. The molecule has 0 aliphatic carbocycles. The minimum Gasteiger partial charge on any atom is -0.469 e. The second-order valence-electron chi connectivity index (χ2n) is 19.1. The number of esters is 2. The Balaban J connectivity index is 0.806. The molecule has 6 aromatic carbocycles. The fourth-order valence-corrected chi connectivity index (χ4v) is 12.7. The zero-order valence-corrected chi connectivity index (χ0v) is 46.7. The van der Waals surface area contributed by atoms with Gasteiger partial charge in [0.05, 0.1) is 14.2 Å². The van der Waals surface area contributed by atoms with E-state index in [1.807, 2.05) is 22.7 Å². The van der Waals surface area contributed by atoms with E-state index >= 15 is 0 Å². The number of thiophene rings is 4. The zero-order valence-electron chi connectivity index (χ0n) is 43.4. The topological polar surface area (TPSA) is 59.1 Å². The van der Waals surface area contributed by atoms with Crippen LogP contribution < -0.4 is 9.80 Å². The van der Waals surface area contributed by atoms with Crippen molar-refractivity contribution in [3.8, 4) is 20.9 Å². The summed E-state index contributed by atoms with van der Waals surface area (Å²) in [6.07, 6.45) is 10.8. The van der Waals surface area contributed by atoms with Crippen molar-refractivity contribution in [2.24, 2.45) is 0 Å². The Bertz CT molecular complexity index is 3330. The van der Waals surface area contributed by atoms with Crippen molar-refractivity contribution in [2.45, 2.75) is 44.9 Å². The first-order chi connectivity index (χ1) is 37.6. The van der Waals surface area contributed by atoms with Gasteiger partial charge < -0.3 is 19.3 Å². The number of methoxy groups -OCH3 is 2. The van der Waals surface area contributed by atoms with E-state index in [0.717, 1.165) is 56.4 Å². The standard InChI is InChI=1S/C67H58N2O4S4/c1-67(2,63-41-39-59(76-63)37-17-47-9-25-53(26-10-47)68(55-29-13-49(14-30-55)19-43-65(70)72-3)57-33-21-51(22-34-57)61-7-5-45-74-61)64-42-40-60(77-64)38-18-48-11-27-54(28-12-48)69(56-31-15-50(16-32-56)20-44-66(71)73-4)58-35-23-52(24-36-58)62-8-6-46-75-62/h5-18,21-42,45-46H,19-20,43-44H2,1-4H3/b37-17+,38-18+. The fraction of sp³-hybridized carbons (Fsp3) is 0.134. The number of anilines is 6. The largest absolute Gasteiger partial charge is 0.469 e. The van der Waals surface area contributed by atoms with Crippen LogP contribution in [0.4, 0.5) is 34.1 Å². The highest BCUT2D eigenvalue weighted by Gasteiger charge is 2.27. The van der Waals surface area contributed by atoms with Crippen molar-refractivity contribution in [1.29, 1.82) is 0 Å². The molecule has 77 heavy (non-hydrogen) atoms. The fourth-order valence-electron chi connectivity index (χ4n) is 9.15. The summed E-state index contributed by atoms with van der Waals surface area (Å²) in [6.45, 7) is 4.63. The van der Waals surface area contributed by atoms with Gasteiger partial charge in [0.2, 0.25) is 0 Å². The van der Waals surface area contributed by atoms with Crippen LogP contribution in [0.25, 0.3) is 45.2 Å². The maximum Gasteiger partial charge on any atom is 0.305 e. The van der Waals surface area contributed by atoms with E-state index in [1.54, 1.807) is 22.7 Å². The van der Waals surface area contributed by atoms with E-state index in [-0.39, 0.29) is 17.4 Å². The van der Waals surface area contributed by atoms with Crippen LogP contribution in [0.2, 0.25) is 0 Å². The number of hydrogen-bond acceptors (Lipinski definition) is 10. The van der Waals surface area contributed by atoms with Gasteiger partial charge in [0.15, 0.2) is 0 Å². The Morgan fingerprint density at radius 3 is 1.09 bits per heavy atom. The van der Waals surface area contributed by atoms with Gasteiger partial charge in [0.1, 0.15) is 0 Å². The van der Waals surface area contributed by atoms with Crippen LogP contribution in [-0.4, -0.2) is 26.2 Å². The summed E-state index contributed by atoms with van der Waals surface area (Å²) in [5, 5.41) is 4.22. The monoisotopic (exact) mass is 1080 g/mol. The molecule has 0 atom stereocenters. The quantitative estimate of drug-likeness (QED) is 0.0709. The van der Waals surface area contributed by atoms with Gasteiger partial charge in [0.25, 0.3) is 0 Å². The molecule has 10 heteroatoms. The molecule has 10 aromatic rings. The van der Waals surface area contributed by atoms with Crippen LogP contribution in [0.1, 0.15) is 68.5 Å². The minimum absolute atomic E-state index is 0.160. The number of carbonyl (C=O) groups is 2. The number of benzene rings is 6. The van der Waals surface area contributed by atoms with Crippen LogP contribution in [0.5, 0.6) is 0 Å². The molecule has 0 bridgehead atoms. The Labute approximate surface area is 468 Å². The lowest BCUT2D eigenvalue weighted by atomic mass is 9.90. The molecule has 0 unspecified atom stereocenters.